The Kier molecular flexibility index (Phi) is 6.71. The first-order chi connectivity index (χ1) is 18.1. The number of fused-ring (bicyclic) bond motifs is 2. The normalized spacial score (nSPS) is 19.7. The Bertz CT molecular complexity index is 1640. The SMILES string of the molecule is C=CCc1cc(-c2oc3c(C(C)NC4=C(C(=O)O)I5CC5(C)C=C4)cc(C)cc3c(=O)c2C)ccc1C=C. The Morgan fingerprint density at radius 2 is 2.03 bits per heavy atom. The van der Waals surface area contributed by atoms with Crippen molar-refractivity contribution < 1.29 is 14.3 Å². The molecule has 2 aliphatic heterocycles. The number of aryl methyl sites for hydroxylation is 1. The van der Waals surface area contributed by atoms with E-state index in [2.05, 4.69) is 31.5 Å². The number of carbonyl (C=O) groups is 1. The molecule has 2 atom stereocenters. The minimum atomic E-state index is -1.72. The fourth-order valence-electron chi connectivity index (χ4n) is 5.17. The van der Waals surface area contributed by atoms with Crippen LogP contribution in [0.1, 0.15) is 47.7 Å². The van der Waals surface area contributed by atoms with E-state index in [1.807, 2.05) is 62.4 Å². The third-order valence-corrected chi connectivity index (χ3v) is 14.8. The molecule has 3 aromatic rings. The smallest absolute Gasteiger partial charge is 0.0985 e. The molecule has 3 heterocycles. The molecule has 0 radical (unpaired) electrons. The van der Waals surface area contributed by atoms with E-state index in [1.165, 1.54) is 0 Å². The Balaban J connectivity index is 1.64. The Labute approximate surface area is 230 Å². The van der Waals surface area contributed by atoms with Crippen molar-refractivity contribution in [3.8, 4) is 11.3 Å². The van der Waals surface area contributed by atoms with Crippen molar-refractivity contribution in [1.82, 2.24) is 5.32 Å². The summed E-state index contributed by atoms with van der Waals surface area (Å²) >= 11 is -1.72. The maximum absolute atomic E-state index is 13.6. The van der Waals surface area contributed by atoms with Gasteiger partial charge in [-0.2, -0.15) is 0 Å². The second-order valence-electron chi connectivity index (χ2n) is 10.2. The summed E-state index contributed by atoms with van der Waals surface area (Å²) in [6.07, 6.45) is 8.43. The van der Waals surface area contributed by atoms with Crippen LogP contribution < -0.4 is 10.7 Å². The van der Waals surface area contributed by atoms with Gasteiger partial charge in [-0.1, -0.05) is 18.7 Å². The van der Waals surface area contributed by atoms with Gasteiger partial charge in [0.25, 0.3) is 0 Å². The quantitative estimate of drug-likeness (QED) is 0.158. The minimum Gasteiger partial charge on any atom is -0.0985 e. The van der Waals surface area contributed by atoms with Crippen LogP contribution in [0.2, 0.25) is 0 Å². The van der Waals surface area contributed by atoms with E-state index in [9.17, 15) is 14.7 Å². The summed E-state index contributed by atoms with van der Waals surface area (Å²) in [5.74, 6) is -0.291. The van der Waals surface area contributed by atoms with E-state index >= 15 is 0 Å². The number of alkyl halides is 2. The molecular formula is C32H32INO4. The second-order valence-corrected chi connectivity index (χ2v) is 16.6. The van der Waals surface area contributed by atoms with Crippen LogP contribution in [0.4, 0.5) is 0 Å². The van der Waals surface area contributed by atoms with Crippen molar-refractivity contribution in [1.29, 1.82) is 0 Å². The van der Waals surface area contributed by atoms with Crippen molar-refractivity contribution in [2.24, 2.45) is 0 Å². The Hall–Kier alpha value is -3.39. The number of hydrogen-bond acceptors (Lipinski definition) is 4. The van der Waals surface area contributed by atoms with Crippen molar-refractivity contribution >= 4 is 42.8 Å². The topological polar surface area (TPSA) is 79.5 Å². The summed E-state index contributed by atoms with van der Waals surface area (Å²) in [5, 5.41) is 14.0. The molecule has 5 rings (SSSR count). The van der Waals surface area contributed by atoms with Crippen molar-refractivity contribution in [2.75, 3.05) is 4.43 Å². The minimum absolute atomic E-state index is 0.0680. The molecule has 0 amide bonds. The Morgan fingerprint density at radius 1 is 1.26 bits per heavy atom. The van der Waals surface area contributed by atoms with Crippen LogP contribution in [0.5, 0.6) is 0 Å². The molecule has 196 valence electrons. The van der Waals surface area contributed by atoms with Crippen LogP contribution >= 0.6 is 19.8 Å². The zero-order chi connectivity index (χ0) is 27.4. The molecule has 1 aromatic heterocycles. The van der Waals surface area contributed by atoms with Gasteiger partial charge in [0, 0.05) is 0 Å². The molecule has 2 aromatic carbocycles. The summed E-state index contributed by atoms with van der Waals surface area (Å²) in [6, 6.07) is 9.56. The first-order valence-electron chi connectivity index (χ1n) is 12.6. The number of allylic oxidation sites excluding steroid dienone is 3. The zero-order valence-electron chi connectivity index (χ0n) is 22.2. The number of hydrogen-bond donors (Lipinski definition) is 2. The van der Waals surface area contributed by atoms with E-state index in [0.29, 0.717) is 38.0 Å². The molecule has 1 fully saturated rings. The molecule has 5 nitrogen and oxygen atoms in total. The number of halogens is 1. The molecule has 2 aliphatic rings. The van der Waals surface area contributed by atoms with Crippen LogP contribution in [0.15, 0.2) is 80.2 Å². The predicted octanol–water partition coefficient (Wildman–Crippen LogP) is 7.24. The van der Waals surface area contributed by atoms with Crippen molar-refractivity contribution in [3.05, 3.63) is 109 Å². The fourth-order valence-corrected chi connectivity index (χ4v) is 11.6. The van der Waals surface area contributed by atoms with Crippen LogP contribution in [0, 0.1) is 13.8 Å². The van der Waals surface area contributed by atoms with Crippen LogP contribution in [0.3, 0.4) is 0 Å². The van der Waals surface area contributed by atoms with Gasteiger partial charge >= 0.3 is 206 Å². The van der Waals surface area contributed by atoms with Gasteiger partial charge in [-0.05, 0) is 0 Å². The van der Waals surface area contributed by atoms with Gasteiger partial charge in [0.15, 0.2) is 0 Å². The van der Waals surface area contributed by atoms with Gasteiger partial charge < -0.3 is 0 Å². The predicted molar refractivity (Wildman–Crippen MR) is 164 cm³/mol. The number of rotatable bonds is 8. The number of aliphatic carboxylic acids is 1. The summed E-state index contributed by atoms with van der Waals surface area (Å²) in [6.45, 7) is 15.7. The molecule has 0 bridgehead atoms. The van der Waals surface area contributed by atoms with Gasteiger partial charge in [-0.3, -0.25) is 0 Å². The van der Waals surface area contributed by atoms with Gasteiger partial charge in [0.2, 0.25) is 0 Å². The van der Waals surface area contributed by atoms with Crippen LogP contribution in [0.25, 0.3) is 28.4 Å². The molecule has 2 unspecified atom stereocenters. The summed E-state index contributed by atoms with van der Waals surface area (Å²) in [4.78, 5) is 25.8. The van der Waals surface area contributed by atoms with Gasteiger partial charge in [0.1, 0.15) is 0 Å². The number of benzene rings is 2. The zero-order valence-corrected chi connectivity index (χ0v) is 24.3. The standard InChI is InChI=1S/C32H32INO4/c1-7-9-22-16-23(11-10-21(22)8-2)29-19(4)28(35)25-15-18(3)14-24(30(25)38-29)20(5)34-26-12-13-32(6)17-33(32)27(26)31(36)37/h7-8,10-16,20,34H,1-2,9,17H2,3-6H3,(H,36,37). The fraction of sp³-hybridized carbons (Fsp3) is 0.250. The second kappa shape index (κ2) is 9.73. The monoisotopic (exact) mass is 621 g/mol. The Morgan fingerprint density at radius 3 is 2.71 bits per heavy atom. The van der Waals surface area contributed by atoms with Gasteiger partial charge in [-0.25, -0.2) is 0 Å². The molecule has 0 spiro atoms. The van der Waals surface area contributed by atoms with E-state index in [4.69, 9.17) is 4.42 Å². The molecular weight excluding hydrogens is 589 g/mol. The molecule has 38 heavy (non-hydrogen) atoms. The molecule has 0 aliphatic carbocycles. The van der Waals surface area contributed by atoms with E-state index in [0.717, 1.165) is 32.2 Å². The number of nitrogens with one attached hydrogen (secondary N) is 1. The van der Waals surface area contributed by atoms with Gasteiger partial charge in [-0.15, -0.1) is 6.58 Å². The van der Waals surface area contributed by atoms with E-state index in [1.54, 1.807) is 6.92 Å². The third kappa shape index (κ3) is 4.45. The van der Waals surface area contributed by atoms with E-state index in [-0.39, 0.29) is 14.9 Å². The van der Waals surface area contributed by atoms with Crippen LogP contribution in [-0.2, 0) is 11.2 Å². The average molecular weight is 622 g/mol. The first kappa shape index (κ1) is 26.2. The average Bonchev–Trinajstić information content (AvgIpc) is 3.57. The van der Waals surface area contributed by atoms with Crippen molar-refractivity contribution in [3.63, 3.8) is 0 Å². The van der Waals surface area contributed by atoms with Crippen LogP contribution in [-0.4, -0.2) is 18.9 Å². The van der Waals surface area contributed by atoms with E-state index < -0.39 is 25.8 Å². The molecule has 1 saturated heterocycles. The molecule has 0 saturated carbocycles. The third-order valence-electron chi connectivity index (χ3n) is 7.31. The number of carboxylic acids is 1. The molecule has 6 heteroatoms. The summed E-state index contributed by atoms with van der Waals surface area (Å²) in [7, 11) is 0. The molecule has 2 N–H and O–H groups in total. The number of carboxylic acid groups (broad SMARTS) is 1. The van der Waals surface area contributed by atoms with Gasteiger partial charge in [0.05, 0.1) is 0 Å². The maximum atomic E-state index is 13.6. The summed E-state index contributed by atoms with van der Waals surface area (Å²) in [5.41, 5.74) is 6.35. The van der Waals surface area contributed by atoms with Crippen molar-refractivity contribution in [2.45, 2.75) is 43.6 Å². The first-order valence-corrected chi connectivity index (χ1v) is 16.3. The summed E-state index contributed by atoms with van der Waals surface area (Å²) < 4.78 is 8.22.